The maximum atomic E-state index is 5.34. The Balaban J connectivity index is 1.83. The molecule has 2 aliphatic rings. The minimum Gasteiger partial charge on any atom is -0.497 e. The molecule has 0 heterocycles. The lowest BCUT2D eigenvalue weighted by atomic mass is 9.87. The summed E-state index contributed by atoms with van der Waals surface area (Å²) in [6.45, 7) is 2.33. The van der Waals surface area contributed by atoms with Gasteiger partial charge in [0, 0.05) is 12.1 Å². The Morgan fingerprint density at radius 2 is 2.18 bits per heavy atom. The number of aryl methyl sites for hydroxylation is 1. The van der Waals surface area contributed by atoms with E-state index in [2.05, 4.69) is 30.4 Å². The van der Waals surface area contributed by atoms with Crippen LogP contribution in [0.1, 0.15) is 43.4 Å². The first-order valence-electron chi connectivity index (χ1n) is 6.71. The Kier molecular flexibility index (Phi) is 2.83. The second-order valence-corrected chi connectivity index (χ2v) is 5.50. The summed E-state index contributed by atoms with van der Waals surface area (Å²) in [6, 6.07) is 7.83. The molecular formula is C15H21NO. The van der Waals surface area contributed by atoms with E-state index in [0.717, 1.165) is 17.7 Å². The fourth-order valence-corrected chi connectivity index (χ4v) is 2.89. The zero-order valence-corrected chi connectivity index (χ0v) is 10.7. The predicted molar refractivity (Wildman–Crippen MR) is 69.4 cm³/mol. The molecule has 0 saturated heterocycles. The normalized spacial score (nSPS) is 30.8. The van der Waals surface area contributed by atoms with E-state index in [-0.39, 0.29) is 0 Å². The Morgan fingerprint density at radius 3 is 2.88 bits per heavy atom. The molecule has 92 valence electrons. The van der Waals surface area contributed by atoms with Crippen molar-refractivity contribution in [3.63, 3.8) is 0 Å². The third-order valence-electron chi connectivity index (χ3n) is 4.19. The summed E-state index contributed by atoms with van der Waals surface area (Å²) in [5.41, 5.74) is 2.97. The van der Waals surface area contributed by atoms with Gasteiger partial charge in [-0.1, -0.05) is 13.0 Å². The van der Waals surface area contributed by atoms with Gasteiger partial charge in [-0.2, -0.15) is 0 Å². The molecule has 0 amide bonds. The molecule has 3 rings (SSSR count). The van der Waals surface area contributed by atoms with E-state index in [0.29, 0.717) is 6.04 Å². The van der Waals surface area contributed by atoms with Gasteiger partial charge < -0.3 is 10.1 Å². The first kappa shape index (κ1) is 11.1. The number of fused-ring (bicyclic) bond motifs is 1. The fraction of sp³-hybridized carbons (Fsp3) is 0.600. The molecule has 0 aromatic heterocycles. The highest BCUT2D eigenvalue weighted by atomic mass is 16.5. The monoisotopic (exact) mass is 231 g/mol. The average molecular weight is 231 g/mol. The maximum Gasteiger partial charge on any atom is 0.119 e. The van der Waals surface area contributed by atoms with E-state index in [1.165, 1.54) is 36.8 Å². The van der Waals surface area contributed by atoms with Gasteiger partial charge in [0.1, 0.15) is 5.75 Å². The molecule has 17 heavy (non-hydrogen) atoms. The zero-order valence-electron chi connectivity index (χ0n) is 10.7. The first-order valence-corrected chi connectivity index (χ1v) is 6.71. The smallest absolute Gasteiger partial charge is 0.119 e. The van der Waals surface area contributed by atoms with Crippen LogP contribution in [0.25, 0.3) is 0 Å². The van der Waals surface area contributed by atoms with Gasteiger partial charge in [0.05, 0.1) is 7.11 Å². The molecule has 0 bridgehead atoms. The SMILES string of the molecule is COc1ccc2c(c1)C(NC1CC1C)CCC2. The van der Waals surface area contributed by atoms with Crippen molar-refractivity contribution in [2.24, 2.45) is 5.92 Å². The van der Waals surface area contributed by atoms with E-state index < -0.39 is 0 Å². The minimum atomic E-state index is 0.545. The number of ether oxygens (including phenoxy) is 1. The molecule has 2 nitrogen and oxygen atoms in total. The average Bonchev–Trinajstić information content (AvgIpc) is 3.05. The van der Waals surface area contributed by atoms with Crippen LogP contribution in [0, 0.1) is 5.92 Å². The Morgan fingerprint density at radius 1 is 1.35 bits per heavy atom. The molecule has 0 radical (unpaired) electrons. The number of benzene rings is 1. The van der Waals surface area contributed by atoms with Crippen LogP contribution in [-0.4, -0.2) is 13.2 Å². The summed E-state index contributed by atoms with van der Waals surface area (Å²) in [5, 5.41) is 3.79. The highest BCUT2D eigenvalue weighted by Crippen LogP contribution is 2.37. The third kappa shape index (κ3) is 2.19. The van der Waals surface area contributed by atoms with Crippen molar-refractivity contribution in [2.75, 3.05) is 7.11 Å². The van der Waals surface area contributed by atoms with Crippen LogP contribution in [0.2, 0.25) is 0 Å². The molecule has 1 aromatic carbocycles. The molecule has 0 spiro atoms. The first-order chi connectivity index (χ1) is 8.28. The summed E-state index contributed by atoms with van der Waals surface area (Å²) in [5.74, 6) is 1.85. The van der Waals surface area contributed by atoms with Crippen LogP contribution >= 0.6 is 0 Å². The van der Waals surface area contributed by atoms with Gasteiger partial charge in [-0.3, -0.25) is 0 Å². The fourth-order valence-electron chi connectivity index (χ4n) is 2.89. The molecule has 3 unspecified atom stereocenters. The third-order valence-corrected chi connectivity index (χ3v) is 4.19. The highest BCUT2D eigenvalue weighted by molar-refractivity contribution is 5.39. The van der Waals surface area contributed by atoms with Gasteiger partial charge in [0.15, 0.2) is 0 Å². The summed E-state index contributed by atoms with van der Waals surface area (Å²) < 4.78 is 5.34. The van der Waals surface area contributed by atoms with E-state index in [1.807, 2.05) is 0 Å². The van der Waals surface area contributed by atoms with Crippen LogP contribution in [0.4, 0.5) is 0 Å². The van der Waals surface area contributed by atoms with Crippen molar-refractivity contribution in [1.82, 2.24) is 5.32 Å². The molecule has 3 atom stereocenters. The summed E-state index contributed by atoms with van der Waals surface area (Å²) in [4.78, 5) is 0. The molecule has 1 aromatic rings. The Labute approximate surface area is 103 Å². The minimum absolute atomic E-state index is 0.545. The Bertz CT molecular complexity index is 415. The van der Waals surface area contributed by atoms with Gasteiger partial charge in [-0.25, -0.2) is 0 Å². The predicted octanol–water partition coefficient (Wildman–Crippen LogP) is 3.07. The van der Waals surface area contributed by atoms with Gasteiger partial charge in [-0.05, 0) is 54.9 Å². The van der Waals surface area contributed by atoms with Crippen LogP contribution in [0.3, 0.4) is 0 Å². The highest BCUT2D eigenvalue weighted by Gasteiger charge is 2.35. The van der Waals surface area contributed by atoms with E-state index in [1.54, 1.807) is 7.11 Å². The van der Waals surface area contributed by atoms with Crippen LogP contribution in [0.5, 0.6) is 5.75 Å². The second-order valence-electron chi connectivity index (χ2n) is 5.50. The number of methoxy groups -OCH3 is 1. The van der Waals surface area contributed by atoms with Gasteiger partial charge in [-0.15, -0.1) is 0 Å². The topological polar surface area (TPSA) is 21.3 Å². The lowest BCUT2D eigenvalue weighted by Gasteiger charge is -2.27. The van der Waals surface area contributed by atoms with E-state index in [9.17, 15) is 0 Å². The van der Waals surface area contributed by atoms with Crippen molar-refractivity contribution in [3.05, 3.63) is 29.3 Å². The van der Waals surface area contributed by atoms with Gasteiger partial charge >= 0.3 is 0 Å². The maximum absolute atomic E-state index is 5.34. The van der Waals surface area contributed by atoms with Gasteiger partial charge in [0.2, 0.25) is 0 Å². The van der Waals surface area contributed by atoms with Crippen LogP contribution in [0.15, 0.2) is 18.2 Å². The number of nitrogens with one attached hydrogen (secondary N) is 1. The van der Waals surface area contributed by atoms with Crippen molar-refractivity contribution < 1.29 is 4.74 Å². The van der Waals surface area contributed by atoms with Crippen LogP contribution in [-0.2, 0) is 6.42 Å². The molecule has 1 fully saturated rings. The van der Waals surface area contributed by atoms with Crippen molar-refractivity contribution in [1.29, 1.82) is 0 Å². The van der Waals surface area contributed by atoms with Crippen LogP contribution < -0.4 is 10.1 Å². The summed E-state index contributed by atoms with van der Waals surface area (Å²) in [6.07, 6.45) is 5.13. The lowest BCUT2D eigenvalue weighted by molar-refractivity contribution is 0.407. The van der Waals surface area contributed by atoms with Crippen molar-refractivity contribution in [3.8, 4) is 5.75 Å². The molecule has 2 aliphatic carbocycles. The zero-order chi connectivity index (χ0) is 11.8. The number of hydrogen-bond acceptors (Lipinski definition) is 2. The van der Waals surface area contributed by atoms with Crippen molar-refractivity contribution in [2.45, 2.75) is 44.7 Å². The largest absolute Gasteiger partial charge is 0.497 e. The quantitative estimate of drug-likeness (QED) is 0.863. The van der Waals surface area contributed by atoms with Gasteiger partial charge in [0.25, 0.3) is 0 Å². The van der Waals surface area contributed by atoms with E-state index >= 15 is 0 Å². The molecule has 1 N–H and O–H groups in total. The lowest BCUT2D eigenvalue weighted by Crippen LogP contribution is -2.27. The Hall–Kier alpha value is -1.02. The number of hydrogen-bond donors (Lipinski definition) is 1. The molecule has 0 aliphatic heterocycles. The summed E-state index contributed by atoms with van der Waals surface area (Å²) in [7, 11) is 1.75. The molecular weight excluding hydrogens is 210 g/mol. The second kappa shape index (κ2) is 4.34. The van der Waals surface area contributed by atoms with Crippen molar-refractivity contribution >= 4 is 0 Å². The molecule has 1 saturated carbocycles. The number of rotatable bonds is 3. The summed E-state index contributed by atoms with van der Waals surface area (Å²) >= 11 is 0. The standard InChI is InChI=1S/C15H21NO/c1-10-8-15(10)16-14-5-3-4-11-6-7-12(17-2)9-13(11)14/h6-7,9-10,14-16H,3-5,8H2,1-2H3. The van der Waals surface area contributed by atoms with E-state index in [4.69, 9.17) is 4.74 Å². The molecule has 2 heteroatoms.